The second kappa shape index (κ2) is 17.8. The van der Waals surface area contributed by atoms with Gasteiger partial charge >= 0.3 is 11.9 Å². The SMILES string of the molecule is CCOC(=O)CCCCCCC(=O)OCCCCCCCCBr. The molecule has 4 nitrogen and oxygen atoms in total. The minimum Gasteiger partial charge on any atom is -0.466 e. The van der Waals surface area contributed by atoms with E-state index in [2.05, 4.69) is 15.9 Å². The van der Waals surface area contributed by atoms with Crippen LogP contribution in [0.5, 0.6) is 0 Å². The van der Waals surface area contributed by atoms with Crippen molar-refractivity contribution in [2.75, 3.05) is 18.5 Å². The van der Waals surface area contributed by atoms with Gasteiger partial charge in [-0.25, -0.2) is 0 Å². The Morgan fingerprint density at radius 3 is 1.74 bits per heavy atom. The number of unbranched alkanes of at least 4 members (excludes halogenated alkanes) is 8. The quantitative estimate of drug-likeness (QED) is 0.206. The molecule has 0 aromatic rings. The Labute approximate surface area is 149 Å². The van der Waals surface area contributed by atoms with Crippen LogP contribution in [0, 0.1) is 0 Å². The van der Waals surface area contributed by atoms with Crippen LogP contribution >= 0.6 is 15.9 Å². The first kappa shape index (κ1) is 22.4. The van der Waals surface area contributed by atoms with Crippen molar-refractivity contribution >= 4 is 27.9 Å². The number of esters is 2. The molecule has 0 atom stereocenters. The predicted molar refractivity (Wildman–Crippen MR) is 96.8 cm³/mol. The lowest BCUT2D eigenvalue weighted by Gasteiger charge is -2.05. The summed E-state index contributed by atoms with van der Waals surface area (Å²) in [7, 11) is 0. The van der Waals surface area contributed by atoms with Gasteiger partial charge in [-0.15, -0.1) is 0 Å². The highest BCUT2D eigenvalue weighted by molar-refractivity contribution is 9.09. The lowest BCUT2D eigenvalue weighted by atomic mass is 10.1. The van der Waals surface area contributed by atoms with Gasteiger partial charge in [0.05, 0.1) is 13.2 Å². The van der Waals surface area contributed by atoms with E-state index in [0.717, 1.165) is 43.9 Å². The van der Waals surface area contributed by atoms with Crippen molar-refractivity contribution in [1.82, 2.24) is 0 Å². The van der Waals surface area contributed by atoms with Crippen LogP contribution in [-0.4, -0.2) is 30.5 Å². The van der Waals surface area contributed by atoms with Crippen molar-refractivity contribution in [3.05, 3.63) is 0 Å². The summed E-state index contributed by atoms with van der Waals surface area (Å²) >= 11 is 3.43. The zero-order valence-corrected chi connectivity index (χ0v) is 16.2. The van der Waals surface area contributed by atoms with Gasteiger partial charge in [-0.1, -0.05) is 54.5 Å². The number of halogens is 1. The third-order valence-electron chi connectivity index (χ3n) is 3.61. The van der Waals surface area contributed by atoms with Crippen molar-refractivity contribution in [2.24, 2.45) is 0 Å². The van der Waals surface area contributed by atoms with Crippen LogP contribution < -0.4 is 0 Å². The van der Waals surface area contributed by atoms with Gasteiger partial charge in [0, 0.05) is 18.2 Å². The van der Waals surface area contributed by atoms with E-state index in [1.165, 1.54) is 25.7 Å². The highest BCUT2D eigenvalue weighted by Crippen LogP contribution is 2.09. The van der Waals surface area contributed by atoms with E-state index >= 15 is 0 Å². The summed E-state index contributed by atoms with van der Waals surface area (Å²) in [6, 6.07) is 0. The second-order valence-corrected chi connectivity index (χ2v) is 6.54. The summed E-state index contributed by atoms with van der Waals surface area (Å²) in [5.74, 6) is -0.214. The summed E-state index contributed by atoms with van der Waals surface area (Å²) in [6.45, 7) is 2.82. The van der Waals surface area contributed by atoms with Crippen LogP contribution in [0.25, 0.3) is 0 Å². The van der Waals surface area contributed by atoms with Gasteiger partial charge in [-0.3, -0.25) is 9.59 Å². The first-order chi connectivity index (χ1) is 11.2. The molecule has 5 heteroatoms. The highest BCUT2D eigenvalue weighted by atomic mass is 79.9. The number of hydrogen-bond donors (Lipinski definition) is 0. The second-order valence-electron chi connectivity index (χ2n) is 5.75. The Kier molecular flexibility index (Phi) is 17.3. The van der Waals surface area contributed by atoms with Gasteiger partial charge in [-0.05, 0) is 32.6 Å². The maximum absolute atomic E-state index is 11.5. The molecule has 0 aliphatic heterocycles. The van der Waals surface area contributed by atoms with E-state index < -0.39 is 0 Å². The fourth-order valence-corrected chi connectivity index (χ4v) is 2.68. The molecule has 0 fully saturated rings. The van der Waals surface area contributed by atoms with Crippen molar-refractivity contribution in [2.45, 2.75) is 84.0 Å². The maximum Gasteiger partial charge on any atom is 0.305 e. The van der Waals surface area contributed by atoms with Gasteiger partial charge in [0.1, 0.15) is 0 Å². The molecule has 0 unspecified atom stereocenters. The molecular weight excluding hydrogens is 360 g/mol. The Hall–Kier alpha value is -0.580. The molecule has 0 spiro atoms. The molecule has 23 heavy (non-hydrogen) atoms. The largest absolute Gasteiger partial charge is 0.466 e. The highest BCUT2D eigenvalue weighted by Gasteiger charge is 2.04. The van der Waals surface area contributed by atoms with Gasteiger partial charge in [-0.2, -0.15) is 0 Å². The van der Waals surface area contributed by atoms with Crippen LogP contribution in [0.4, 0.5) is 0 Å². The minimum atomic E-state index is -0.126. The molecule has 0 heterocycles. The van der Waals surface area contributed by atoms with E-state index in [-0.39, 0.29) is 11.9 Å². The molecular formula is C18H33BrO4. The molecule has 0 aromatic carbocycles. The number of alkyl halides is 1. The number of carbonyl (C=O) groups excluding carboxylic acids is 2. The Bertz CT molecular complexity index is 295. The fraction of sp³-hybridized carbons (Fsp3) is 0.889. The average molecular weight is 393 g/mol. The fourth-order valence-electron chi connectivity index (χ4n) is 2.29. The third kappa shape index (κ3) is 17.6. The Morgan fingerprint density at radius 1 is 0.696 bits per heavy atom. The summed E-state index contributed by atoms with van der Waals surface area (Å²) in [6.07, 6.45) is 11.7. The van der Waals surface area contributed by atoms with Crippen LogP contribution in [0.15, 0.2) is 0 Å². The average Bonchev–Trinajstić information content (AvgIpc) is 2.53. The Balaban J connectivity index is 3.23. The smallest absolute Gasteiger partial charge is 0.305 e. The summed E-state index contributed by atoms with van der Waals surface area (Å²) in [5.41, 5.74) is 0. The van der Waals surface area contributed by atoms with Gasteiger partial charge in [0.15, 0.2) is 0 Å². The van der Waals surface area contributed by atoms with E-state index in [9.17, 15) is 9.59 Å². The lowest BCUT2D eigenvalue weighted by Crippen LogP contribution is -2.06. The molecule has 0 N–H and O–H groups in total. The van der Waals surface area contributed by atoms with E-state index in [0.29, 0.717) is 26.1 Å². The van der Waals surface area contributed by atoms with Gasteiger partial charge < -0.3 is 9.47 Å². The summed E-state index contributed by atoms with van der Waals surface area (Å²) in [4.78, 5) is 22.7. The molecule has 0 saturated carbocycles. The molecule has 0 amide bonds. The number of hydrogen-bond acceptors (Lipinski definition) is 4. The monoisotopic (exact) mass is 392 g/mol. The van der Waals surface area contributed by atoms with Crippen LogP contribution in [-0.2, 0) is 19.1 Å². The van der Waals surface area contributed by atoms with Crippen molar-refractivity contribution in [3.8, 4) is 0 Å². The van der Waals surface area contributed by atoms with E-state index in [4.69, 9.17) is 9.47 Å². The zero-order chi connectivity index (χ0) is 17.2. The molecule has 0 bridgehead atoms. The molecule has 136 valence electrons. The predicted octanol–water partition coefficient (Wildman–Crippen LogP) is 5.17. The number of ether oxygens (including phenoxy) is 2. The van der Waals surface area contributed by atoms with Crippen molar-refractivity contribution in [1.29, 1.82) is 0 Å². The maximum atomic E-state index is 11.5. The molecule has 0 aromatic heterocycles. The van der Waals surface area contributed by atoms with Crippen LogP contribution in [0.3, 0.4) is 0 Å². The molecule has 0 radical (unpaired) electrons. The number of rotatable bonds is 16. The third-order valence-corrected chi connectivity index (χ3v) is 4.17. The van der Waals surface area contributed by atoms with Crippen molar-refractivity contribution < 1.29 is 19.1 Å². The molecule has 0 aliphatic carbocycles. The minimum absolute atomic E-state index is 0.0883. The lowest BCUT2D eigenvalue weighted by molar-refractivity contribution is -0.144. The van der Waals surface area contributed by atoms with E-state index in [1.54, 1.807) is 0 Å². The van der Waals surface area contributed by atoms with Crippen molar-refractivity contribution in [3.63, 3.8) is 0 Å². The first-order valence-electron chi connectivity index (χ1n) is 9.08. The van der Waals surface area contributed by atoms with Crippen LogP contribution in [0.2, 0.25) is 0 Å². The zero-order valence-electron chi connectivity index (χ0n) is 14.6. The molecule has 0 rings (SSSR count). The molecule has 0 aliphatic rings. The summed E-state index contributed by atoms with van der Waals surface area (Å²) in [5, 5.41) is 1.09. The molecule has 0 saturated heterocycles. The summed E-state index contributed by atoms with van der Waals surface area (Å²) < 4.78 is 10.1. The topological polar surface area (TPSA) is 52.6 Å². The van der Waals surface area contributed by atoms with E-state index in [1.807, 2.05) is 6.92 Å². The Morgan fingerprint density at radius 2 is 1.17 bits per heavy atom. The standard InChI is InChI=1S/C18H33BrO4/c1-2-22-17(20)13-9-5-6-10-14-18(21)23-16-12-8-4-3-7-11-15-19/h2-16H2,1H3. The van der Waals surface area contributed by atoms with Gasteiger partial charge in [0.2, 0.25) is 0 Å². The van der Waals surface area contributed by atoms with Gasteiger partial charge in [0.25, 0.3) is 0 Å². The number of carbonyl (C=O) groups is 2. The first-order valence-corrected chi connectivity index (χ1v) is 10.2. The normalized spacial score (nSPS) is 10.5. The van der Waals surface area contributed by atoms with Crippen LogP contribution in [0.1, 0.15) is 84.0 Å².